The lowest BCUT2D eigenvalue weighted by Gasteiger charge is -2.26. The highest BCUT2D eigenvalue weighted by Gasteiger charge is 2.45. The Morgan fingerprint density at radius 1 is 1.22 bits per heavy atom. The van der Waals surface area contributed by atoms with Crippen molar-refractivity contribution < 1.29 is 24.2 Å². The lowest BCUT2D eigenvalue weighted by molar-refractivity contribution is -0.171. The Bertz CT molecular complexity index is 531. The Balaban J connectivity index is 2.78. The van der Waals surface area contributed by atoms with E-state index < -0.39 is 17.0 Å². The molecule has 1 aliphatic heterocycles. The number of allylic oxidation sites excluding steroid dienone is 1. The van der Waals surface area contributed by atoms with Gasteiger partial charge in [-0.2, -0.15) is 0 Å². The Kier molecular flexibility index (Phi) is 8.52. The summed E-state index contributed by atoms with van der Waals surface area (Å²) in [7, 11) is 0. The highest BCUT2D eigenvalue weighted by molar-refractivity contribution is 5.91. The van der Waals surface area contributed by atoms with Crippen LogP contribution in [-0.4, -0.2) is 35.9 Å². The van der Waals surface area contributed by atoms with E-state index >= 15 is 0 Å². The van der Waals surface area contributed by atoms with Gasteiger partial charge in [-0.25, -0.2) is 4.79 Å². The van der Waals surface area contributed by atoms with Gasteiger partial charge in [0, 0.05) is 12.0 Å². The molecule has 1 atom stereocenters. The van der Waals surface area contributed by atoms with Crippen LogP contribution in [0.1, 0.15) is 74.1 Å². The Labute approximate surface area is 164 Å². The summed E-state index contributed by atoms with van der Waals surface area (Å²) < 4.78 is 10.7. The molecule has 1 aliphatic rings. The second-order valence-electron chi connectivity index (χ2n) is 9.82. The highest BCUT2D eigenvalue weighted by Crippen LogP contribution is 2.33. The van der Waals surface area contributed by atoms with Crippen molar-refractivity contribution in [1.29, 1.82) is 0 Å². The monoisotopic (exact) mass is 382 g/mol. The number of hydrogen-bond acceptors (Lipinski definition) is 5. The average Bonchev–Trinajstić information content (AvgIpc) is 2.85. The van der Waals surface area contributed by atoms with Crippen molar-refractivity contribution in [2.75, 3.05) is 13.2 Å². The number of rotatable bonds is 9. The summed E-state index contributed by atoms with van der Waals surface area (Å²) >= 11 is 0. The van der Waals surface area contributed by atoms with Gasteiger partial charge in [-0.15, -0.1) is 0 Å². The van der Waals surface area contributed by atoms with E-state index in [4.69, 9.17) is 9.47 Å². The van der Waals surface area contributed by atoms with Crippen molar-refractivity contribution in [3.05, 3.63) is 11.6 Å². The van der Waals surface area contributed by atoms with Gasteiger partial charge >= 0.3 is 11.9 Å². The van der Waals surface area contributed by atoms with Crippen LogP contribution in [0.5, 0.6) is 0 Å². The third-order valence-electron chi connectivity index (χ3n) is 4.76. The molecule has 0 bridgehead atoms. The molecule has 1 rings (SSSR count). The van der Waals surface area contributed by atoms with Crippen LogP contribution in [0.2, 0.25) is 0 Å². The first-order valence-corrected chi connectivity index (χ1v) is 10.1. The number of carbonyl (C=O) groups excluding carboxylic acids is 2. The molecule has 156 valence electrons. The largest absolute Gasteiger partial charge is 0.461 e. The molecule has 0 radical (unpaired) electrons. The number of aliphatic hydroxyl groups excluding tert-OH is 1. The van der Waals surface area contributed by atoms with E-state index in [0.717, 1.165) is 19.3 Å². The van der Waals surface area contributed by atoms with Gasteiger partial charge in [0.25, 0.3) is 0 Å². The van der Waals surface area contributed by atoms with E-state index in [2.05, 4.69) is 27.7 Å². The molecule has 1 fully saturated rings. The summed E-state index contributed by atoms with van der Waals surface area (Å²) in [4.78, 5) is 24.3. The standard InChI is InChI=1S/C22H38O5/c1-15(2)10-17(11-16(3)4)8-9-18-12-22(13-23,27-19(18)24)14-26-20(25)21(5,6)7/h9,15-17,23H,8,10-14H2,1-7H3/b18-9+/t22-/m1/s1. The van der Waals surface area contributed by atoms with E-state index in [0.29, 0.717) is 23.3 Å². The SMILES string of the molecule is CC(C)CC(C/C=C1\C[C@@](CO)(COC(=O)C(C)(C)C)OC1=O)CC(C)C. The molecule has 0 aromatic heterocycles. The van der Waals surface area contributed by atoms with Gasteiger partial charge in [-0.1, -0.05) is 33.8 Å². The molecule has 0 saturated carbocycles. The smallest absolute Gasteiger partial charge is 0.334 e. The molecule has 5 heteroatoms. The molecule has 0 aromatic rings. The molecule has 1 saturated heterocycles. The molecule has 27 heavy (non-hydrogen) atoms. The summed E-state index contributed by atoms with van der Waals surface area (Å²) in [5, 5.41) is 9.79. The lowest BCUT2D eigenvalue weighted by atomic mass is 9.86. The van der Waals surface area contributed by atoms with Gasteiger partial charge in [0.15, 0.2) is 5.60 Å². The maximum absolute atomic E-state index is 12.3. The fraction of sp³-hybridized carbons (Fsp3) is 0.818. The quantitative estimate of drug-likeness (QED) is 0.476. The van der Waals surface area contributed by atoms with Gasteiger partial charge in [-0.3, -0.25) is 4.79 Å². The van der Waals surface area contributed by atoms with Gasteiger partial charge in [0.05, 0.1) is 12.0 Å². The van der Waals surface area contributed by atoms with Crippen LogP contribution in [0.3, 0.4) is 0 Å². The van der Waals surface area contributed by atoms with Gasteiger partial charge in [0.1, 0.15) is 6.61 Å². The minimum atomic E-state index is -1.16. The van der Waals surface area contributed by atoms with Gasteiger partial charge in [-0.05, 0) is 57.8 Å². The van der Waals surface area contributed by atoms with E-state index in [1.807, 2.05) is 6.08 Å². The predicted molar refractivity (Wildman–Crippen MR) is 106 cm³/mol. The van der Waals surface area contributed by atoms with E-state index in [1.165, 1.54) is 0 Å². The first kappa shape index (κ1) is 23.7. The van der Waals surface area contributed by atoms with Crippen molar-refractivity contribution in [1.82, 2.24) is 0 Å². The maximum Gasteiger partial charge on any atom is 0.334 e. The molecule has 1 heterocycles. The van der Waals surface area contributed by atoms with Crippen molar-refractivity contribution in [2.24, 2.45) is 23.2 Å². The summed E-state index contributed by atoms with van der Waals surface area (Å²) in [5.41, 5.74) is -1.22. The van der Waals surface area contributed by atoms with Crippen LogP contribution in [0.25, 0.3) is 0 Å². The zero-order valence-electron chi connectivity index (χ0n) is 18.1. The Morgan fingerprint density at radius 2 is 1.78 bits per heavy atom. The molecule has 1 N–H and O–H groups in total. The third-order valence-corrected chi connectivity index (χ3v) is 4.76. The summed E-state index contributed by atoms with van der Waals surface area (Å²) in [6.45, 7) is 13.6. The molecule has 0 amide bonds. The Hall–Kier alpha value is -1.36. The van der Waals surface area contributed by atoms with Crippen LogP contribution < -0.4 is 0 Å². The van der Waals surface area contributed by atoms with Crippen molar-refractivity contribution in [3.8, 4) is 0 Å². The lowest BCUT2D eigenvalue weighted by Crippen LogP contribution is -2.40. The normalized spacial score (nSPS) is 22.2. The number of esters is 2. The maximum atomic E-state index is 12.3. The molecule has 5 nitrogen and oxygen atoms in total. The minimum absolute atomic E-state index is 0.121. The number of aliphatic hydroxyl groups is 1. The number of hydrogen-bond donors (Lipinski definition) is 1. The third kappa shape index (κ3) is 7.65. The molecule has 0 unspecified atom stereocenters. The second-order valence-corrected chi connectivity index (χ2v) is 9.82. The van der Waals surface area contributed by atoms with E-state index in [9.17, 15) is 14.7 Å². The van der Waals surface area contributed by atoms with Crippen LogP contribution in [-0.2, 0) is 19.1 Å². The van der Waals surface area contributed by atoms with Crippen LogP contribution in [0, 0.1) is 23.2 Å². The van der Waals surface area contributed by atoms with Crippen LogP contribution in [0.15, 0.2) is 11.6 Å². The van der Waals surface area contributed by atoms with Crippen LogP contribution >= 0.6 is 0 Å². The first-order valence-electron chi connectivity index (χ1n) is 10.1. The van der Waals surface area contributed by atoms with Crippen molar-refractivity contribution >= 4 is 11.9 Å². The molecule has 0 aliphatic carbocycles. The predicted octanol–water partition coefficient (Wildman–Crippen LogP) is 4.28. The van der Waals surface area contributed by atoms with Crippen molar-refractivity contribution in [2.45, 2.75) is 79.8 Å². The fourth-order valence-corrected chi connectivity index (χ4v) is 3.43. The average molecular weight is 383 g/mol. The zero-order valence-corrected chi connectivity index (χ0v) is 18.1. The van der Waals surface area contributed by atoms with E-state index in [-0.39, 0.29) is 25.6 Å². The second kappa shape index (κ2) is 9.72. The summed E-state index contributed by atoms with van der Waals surface area (Å²) in [6.07, 6.45) is 5.29. The number of cyclic esters (lactones) is 1. The van der Waals surface area contributed by atoms with Crippen molar-refractivity contribution in [3.63, 3.8) is 0 Å². The molecule has 0 aromatic carbocycles. The molecular weight excluding hydrogens is 344 g/mol. The van der Waals surface area contributed by atoms with Crippen LogP contribution in [0.4, 0.5) is 0 Å². The fourth-order valence-electron chi connectivity index (χ4n) is 3.43. The molecule has 0 spiro atoms. The number of carbonyl (C=O) groups is 2. The summed E-state index contributed by atoms with van der Waals surface area (Å²) in [6, 6.07) is 0. The minimum Gasteiger partial charge on any atom is -0.461 e. The number of ether oxygens (including phenoxy) is 2. The van der Waals surface area contributed by atoms with E-state index in [1.54, 1.807) is 20.8 Å². The highest BCUT2D eigenvalue weighted by atomic mass is 16.6. The first-order chi connectivity index (χ1) is 12.4. The zero-order chi connectivity index (χ0) is 20.8. The Morgan fingerprint density at radius 3 is 2.22 bits per heavy atom. The summed E-state index contributed by atoms with van der Waals surface area (Å²) in [5.74, 6) is 0.946. The van der Waals surface area contributed by atoms with Gasteiger partial charge in [0.2, 0.25) is 0 Å². The molecular formula is C22H38O5. The van der Waals surface area contributed by atoms with Gasteiger partial charge < -0.3 is 14.6 Å². The topological polar surface area (TPSA) is 72.8 Å².